The topological polar surface area (TPSA) is 40.9 Å². The smallest absolute Gasteiger partial charge is 0.158 e. The van der Waals surface area contributed by atoms with Gasteiger partial charge in [-0.1, -0.05) is 54.1 Å². The molecule has 3 atom stereocenters. The fraction of sp³-hybridized carbons (Fsp3) is 0.222. The zero-order chi connectivity index (χ0) is 14.8. The van der Waals surface area contributed by atoms with Gasteiger partial charge in [0.05, 0.1) is 6.07 Å². The predicted octanol–water partition coefficient (Wildman–Crippen LogP) is 4.32. The van der Waals surface area contributed by atoms with Gasteiger partial charge in [0, 0.05) is 10.9 Å². The summed E-state index contributed by atoms with van der Waals surface area (Å²) in [5, 5.41) is 9.96. The Balaban J connectivity index is 1.76. The SMILES string of the molecule is N#CC(C(=O)C1CC1c1ccccc1)c1ccc(Cl)cc1. The van der Waals surface area contributed by atoms with Crippen LogP contribution in [0.4, 0.5) is 0 Å². The molecule has 2 aromatic rings. The maximum absolute atomic E-state index is 12.6. The number of benzene rings is 2. The predicted molar refractivity (Wildman–Crippen MR) is 82.1 cm³/mol. The van der Waals surface area contributed by atoms with Gasteiger partial charge >= 0.3 is 0 Å². The minimum absolute atomic E-state index is 0.0219. The van der Waals surface area contributed by atoms with Gasteiger partial charge in [0.1, 0.15) is 5.92 Å². The van der Waals surface area contributed by atoms with Gasteiger partial charge < -0.3 is 0 Å². The van der Waals surface area contributed by atoms with Gasteiger partial charge in [0.15, 0.2) is 5.78 Å². The molecule has 1 aliphatic carbocycles. The van der Waals surface area contributed by atoms with Crippen LogP contribution in [0.15, 0.2) is 54.6 Å². The lowest BCUT2D eigenvalue weighted by Crippen LogP contribution is -2.13. The standard InChI is InChI=1S/C18H14ClNO/c19-14-8-6-13(7-9-14)17(11-20)18(21)16-10-15(16)12-4-2-1-3-5-12/h1-9,15-17H,10H2. The fourth-order valence-corrected chi connectivity index (χ4v) is 2.88. The number of halogens is 1. The largest absolute Gasteiger partial charge is 0.298 e. The van der Waals surface area contributed by atoms with Crippen molar-refractivity contribution in [1.82, 2.24) is 0 Å². The van der Waals surface area contributed by atoms with E-state index in [4.69, 9.17) is 11.6 Å². The molecule has 0 spiro atoms. The Hall–Kier alpha value is -2.11. The molecule has 0 heterocycles. The van der Waals surface area contributed by atoms with Gasteiger partial charge in [-0.2, -0.15) is 5.26 Å². The number of nitriles is 1. The Morgan fingerprint density at radius 1 is 1.14 bits per heavy atom. The summed E-state index contributed by atoms with van der Waals surface area (Å²) in [7, 11) is 0. The molecule has 1 fully saturated rings. The Morgan fingerprint density at radius 2 is 1.81 bits per heavy atom. The Labute approximate surface area is 129 Å². The van der Waals surface area contributed by atoms with E-state index in [0.717, 1.165) is 12.0 Å². The first-order chi connectivity index (χ1) is 10.2. The van der Waals surface area contributed by atoms with Crippen LogP contribution < -0.4 is 0 Å². The van der Waals surface area contributed by atoms with Crippen molar-refractivity contribution in [2.45, 2.75) is 18.3 Å². The van der Waals surface area contributed by atoms with E-state index >= 15 is 0 Å². The second-order valence-corrected chi connectivity index (χ2v) is 5.81. The van der Waals surface area contributed by atoms with Crippen LogP contribution in [0.2, 0.25) is 5.02 Å². The van der Waals surface area contributed by atoms with Gasteiger partial charge in [-0.3, -0.25) is 4.79 Å². The van der Waals surface area contributed by atoms with E-state index < -0.39 is 5.92 Å². The molecule has 0 aromatic heterocycles. The third-order valence-electron chi connectivity index (χ3n) is 4.00. The highest BCUT2D eigenvalue weighted by Crippen LogP contribution is 2.50. The van der Waals surface area contributed by atoms with Crippen molar-refractivity contribution in [3.63, 3.8) is 0 Å². The maximum atomic E-state index is 12.6. The highest BCUT2D eigenvalue weighted by molar-refractivity contribution is 6.30. The minimum Gasteiger partial charge on any atom is -0.298 e. The second-order valence-electron chi connectivity index (χ2n) is 5.38. The van der Waals surface area contributed by atoms with Crippen molar-refractivity contribution < 1.29 is 4.79 Å². The van der Waals surface area contributed by atoms with E-state index in [1.165, 1.54) is 5.56 Å². The molecule has 21 heavy (non-hydrogen) atoms. The van der Waals surface area contributed by atoms with E-state index in [0.29, 0.717) is 5.02 Å². The van der Waals surface area contributed by atoms with Crippen LogP contribution in [0.25, 0.3) is 0 Å². The number of hydrogen-bond donors (Lipinski definition) is 0. The Kier molecular flexibility index (Phi) is 3.77. The van der Waals surface area contributed by atoms with Crippen LogP contribution >= 0.6 is 11.6 Å². The van der Waals surface area contributed by atoms with Crippen LogP contribution in [0.5, 0.6) is 0 Å². The van der Waals surface area contributed by atoms with Crippen molar-refractivity contribution >= 4 is 17.4 Å². The number of carbonyl (C=O) groups excluding carboxylic acids is 1. The van der Waals surface area contributed by atoms with Crippen LogP contribution in [0, 0.1) is 17.2 Å². The Bertz CT molecular complexity index is 687. The van der Waals surface area contributed by atoms with Crippen molar-refractivity contribution in [2.24, 2.45) is 5.92 Å². The molecule has 3 rings (SSSR count). The molecule has 0 aliphatic heterocycles. The van der Waals surface area contributed by atoms with Crippen molar-refractivity contribution in [3.05, 3.63) is 70.7 Å². The zero-order valence-electron chi connectivity index (χ0n) is 11.4. The van der Waals surface area contributed by atoms with E-state index in [-0.39, 0.29) is 17.6 Å². The van der Waals surface area contributed by atoms with E-state index in [1.54, 1.807) is 24.3 Å². The lowest BCUT2D eigenvalue weighted by molar-refractivity contribution is -0.120. The molecular formula is C18H14ClNO. The lowest BCUT2D eigenvalue weighted by Gasteiger charge is -2.08. The Morgan fingerprint density at radius 3 is 2.43 bits per heavy atom. The summed E-state index contributed by atoms with van der Waals surface area (Å²) in [5.41, 5.74) is 1.91. The monoisotopic (exact) mass is 295 g/mol. The number of hydrogen-bond acceptors (Lipinski definition) is 2. The van der Waals surface area contributed by atoms with E-state index in [9.17, 15) is 10.1 Å². The fourth-order valence-electron chi connectivity index (χ4n) is 2.75. The molecule has 2 aromatic carbocycles. The molecular weight excluding hydrogens is 282 g/mol. The molecule has 0 radical (unpaired) electrons. The summed E-state index contributed by atoms with van der Waals surface area (Å²) in [5.74, 6) is -0.441. The number of rotatable bonds is 4. The number of Topliss-reactive ketones (excluding diaryl/α,β-unsaturated/α-hetero) is 1. The summed E-state index contributed by atoms with van der Waals surface area (Å²) >= 11 is 5.85. The van der Waals surface area contributed by atoms with Crippen molar-refractivity contribution in [1.29, 1.82) is 5.26 Å². The van der Waals surface area contributed by atoms with E-state index in [1.807, 2.05) is 30.3 Å². The minimum atomic E-state index is -0.694. The summed E-state index contributed by atoms with van der Waals surface area (Å²) < 4.78 is 0. The molecule has 0 bridgehead atoms. The molecule has 1 aliphatic rings. The molecule has 3 unspecified atom stereocenters. The quantitative estimate of drug-likeness (QED) is 0.843. The maximum Gasteiger partial charge on any atom is 0.158 e. The van der Waals surface area contributed by atoms with Crippen molar-refractivity contribution in [3.8, 4) is 6.07 Å². The first kappa shape index (κ1) is 13.9. The van der Waals surface area contributed by atoms with Crippen LogP contribution in [0.1, 0.15) is 29.4 Å². The van der Waals surface area contributed by atoms with Gasteiger partial charge in [-0.25, -0.2) is 0 Å². The molecule has 1 saturated carbocycles. The van der Waals surface area contributed by atoms with Gasteiger partial charge in [0.25, 0.3) is 0 Å². The molecule has 0 saturated heterocycles. The van der Waals surface area contributed by atoms with Gasteiger partial charge in [0.2, 0.25) is 0 Å². The van der Waals surface area contributed by atoms with Crippen LogP contribution in [-0.4, -0.2) is 5.78 Å². The molecule has 0 N–H and O–H groups in total. The average Bonchev–Trinajstić information content (AvgIpc) is 3.31. The lowest BCUT2D eigenvalue weighted by atomic mass is 9.92. The van der Waals surface area contributed by atoms with Gasteiger partial charge in [-0.05, 0) is 35.6 Å². The third kappa shape index (κ3) is 2.84. The summed E-state index contributed by atoms with van der Waals surface area (Å²) in [6, 6.07) is 19.1. The highest BCUT2D eigenvalue weighted by atomic mass is 35.5. The number of nitrogens with zero attached hydrogens (tertiary/aromatic N) is 1. The van der Waals surface area contributed by atoms with Crippen molar-refractivity contribution in [2.75, 3.05) is 0 Å². The summed E-state index contributed by atoms with van der Waals surface area (Å²) in [6.45, 7) is 0. The number of ketones is 1. The highest BCUT2D eigenvalue weighted by Gasteiger charge is 2.46. The normalized spacial score (nSPS) is 21.3. The molecule has 2 nitrogen and oxygen atoms in total. The first-order valence-electron chi connectivity index (χ1n) is 6.94. The van der Waals surface area contributed by atoms with Crippen LogP contribution in [0.3, 0.4) is 0 Å². The summed E-state index contributed by atoms with van der Waals surface area (Å²) in [4.78, 5) is 12.6. The first-order valence-corrected chi connectivity index (χ1v) is 7.32. The van der Waals surface area contributed by atoms with E-state index in [2.05, 4.69) is 6.07 Å². The number of carbonyl (C=O) groups is 1. The van der Waals surface area contributed by atoms with Gasteiger partial charge in [-0.15, -0.1) is 0 Å². The summed E-state index contributed by atoms with van der Waals surface area (Å²) in [6.07, 6.45) is 0.842. The molecule has 3 heteroatoms. The van der Waals surface area contributed by atoms with Crippen LogP contribution in [-0.2, 0) is 4.79 Å². The molecule has 0 amide bonds. The third-order valence-corrected chi connectivity index (χ3v) is 4.25. The molecule has 104 valence electrons. The average molecular weight is 296 g/mol. The zero-order valence-corrected chi connectivity index (χ0v) is 12.1. The second kappa shape index (κ2) is 5.71.